The Bertz CT molecular complexity index is 887. The van der Waals surface area contributed by atoms with Gasteiger partial charge in [-0.1, -0.05) is 25.6 Å². The van der Waals surface area contributed by atoms with E-state index in [1.165, 1.54) is 23.9 Å². The van der Waals surface area contributed by atoms with E-state index in [1.54, 1.807) is 6.07 Å². The average Bonchev–Trinajstić information content (AvgIpc) is 3.10. The van der Waals surface area contributed by atoms with Gasteiger partial charge < -0.3 is 26.6 Å². The Balaban J connectivity index is 1.77. The van der Waals surface area contributed by atoms with E-state index in [9.17, 15) is 24.2 Å². The number of nitrogens with zero attached hydrogens (tertiary/aromatic N) is 1. The molecular weight excluding hydrogens is 491 g/mol. The van der Waals surface area contributed by atoms with Crippen molar-refractivity contribution in [1.82, 2.24) is 5.32 Å². The number of hydrogen-bond acceptors (Lipinski definition) is 7. The van der Waals surface area contributed by atoms with Crippen LogP contribution in [0.25, 0.3) is 0 Å². The lowest BCUT2D eigenvalue weighted by Gasteiger charge is -2.37. The summed E-state index contributed by atoms with van der Waals surface area (Å²) in [4.78, 5) is 29.2. The Morgan fingerprint density at radius 2 is 2.10 bits per heavy atom. The smallest absolute Gasteiger partial charge is 0.240 e. The number of anilines is 1. The van der Waals surface area contributed by atoms with Gasteiger partial charge in [0.2, 0.25) is 11.8 Å². The van der Waals surface area contributed by atoms with Crippen LogP contribution in [0.1, 0.15) is 26.7 Å². The number of carbonyl (C=O) groups excluding carboxylic acids is 2. The largest absolute Gasteiger partial charge is 0.390 e. The van der Waals surface area contributed by atoms with Gasteiger partial charge in [-0.2, -0.15) is 0 Å². The first-order valence-electron chi connectivity index (χ1n) is 9.99. The number of primary amides is 1. The van der Waals surface area contributed by atoms with Gasteiger partial charge in [0.05, 0.1) is 23.8 Å². The summed E-state index contributed by atoms with van der Waals surface area (Å²) in [6.07, 6.45) is -1.85. The minimum absolute atomic E-state index is 0.0286. The molecule has 1 fully saturated rings. The highest BCUT2D eigenvalue weighted by Crippen LogP contribution is 2.42. The molecule has 2 amide bonds. The molecule has 31 heavy (non-hydrogen) atoms. The SMILES string of the molecule is CC(C)C[C@@H](NC(=O)[C@@H]1C[C@@H](O)[C@H](O)[C@@H]2N=C(Nc3cc(F)ccc3Br)S[C@@H]21)C(N)=O. The van der Waals surface area contributed by atoms with Crippen LogP contribution in [0.4, 0.5) is 10.1 Å². The van der Waals surface area contributed by atoms with Gasteiger partial charge in [-0.3, -0.25) is 14.6 Å². The first-order chi connectivity index (χ1) is 14.6. The predicted octanol–water partition coefficient (Wildman–Crippen LogP) is 1.60. The van der Waals surface area contributed by atoms with Gasteiger partial charge in [-0.25, -0.2) is 4.39 Å². The molecule has 0 unspecified atom stereocenters. The van der Waals surface area contributed by atoms with Crippen LogP contribution < -0.4 is 16.4 Å². The maximum absolute atomic E-state index is 13.6. The lowest BCUT2D eigenvalue weighted by atomic mass is 9.81. The van der Waals surface area contributed by atoms with E-state index in [2.05, 4.69) is 31.6 Å². The van der Waals surface area contributed by atoms with Crippen LogP contribution in [0, 0.1) is 17.7 Å². The Kier molecular flexibility index (Phi) is 7.61. The summed E-state index contributed by atoms with van der Waals surface area (Å²) in [6.45, 7) is 3.84. The number of amidine groups is 1. The standard InChI is InChI=1S/C20H26BrFN4O4S/c1-8(2)5-13(18(23)29)24-19(30)10-7-14(27)16(28)15-17(10)31-20(26-15)25-12-6-9(22)3-4-11(12)21/h3-4,6,8,10,13-17,27-28H,5,7H2,1-2H3,(H2,23,29)(H,24,30)(H,25,26)/t10-,13-,14-,15+,16+,17-/m1/s1. The number of nitrogens with two attached hydrogens (primary N) is 1. The van der Waals surface area contributed by atoms with Crippen LogP contribution in [-0.4, -0.2) is 56.7 Å². The van der Waals surface area contributed by atoms with Crippen molar-refractivity contribution >= 4 is 50.4 Å². The van der Waals surface area contributed by atoms with Gasteiger partial charge in [0.1, 0.15) is 18.0 Å². The van der Waals surface area contributed by atoms with E-state index in [-0.39, 0.29) is 12.3 Å². The lowest BCUT2D eigenvalue weighted by Crippen LogP contribution is -2.56. The van der Waals surface area contributed by atoms with E-state index in [0.717, 1.165) is 0 Å². The Morgan fingerprint density at radius 1 is 1.39 bits per heavy atom. The second kappa shape index (κ2) is 9.85. The molecule has 2 aliphatic rings. The molecule has 1 aliphatic heterocycles. The maximum atomic E-state index is 13.6. The first kappa shape index (κ1) is 24.0. The number of nitrogens with one attached hydrogen (secondary N) is 2. The Morgan fingerprint density at radius 3 is 2.74 bits per heavy atom. The van der Waals surface area contributed by atoms with Gasteiger partial charge in [-0.15, -0.1) is 0 Å². The van der Waals surface area contributed by atoms with Crippen LogP contribution in [0.2, 0.25) is 0 Å². The van der Waals surface area contributed by atoms with Crippen LogP contribution >= 0.6 is 27.7 Å². The number of carbonyl (C=O) groups is 2. The molecular formula is C20H26BrFN4O4S. The summed E-state index contributed by atoms with van der Waals surface area (Å²) < 4.78 is 14.2. The molecule has 3 rings (SSSR count). The minimum Gasteiger partial charge on any atom is -0.390 e. The summed E-state index contributed by atoms with van der Waals surface area (Å²) in [7, 11) is 0. The van der Waals surface area contributed by atoms with E-state index in [1.807, 2.05) is 13.8 Å². The summed E-state index contributed by atoms with van der Waals surface area (Å²) in [5.74, 6) is -2.01. The zero-order valence-electron chi connectivity index (χ0n) is 17.1. The first-order valence-corrected chi connectivity index (χ1v) is 11.7. The molecule has 1 aliphatic carbocycles. The number of rotatable bonds is 6. The van der Waals surface area contributed by atoms with Crippen LogP contribution in [0.15, 0.2) is 27.7 Å². The topological polar surface area (TPSA) is 137 Å². The quantitative estimate of drug-likeness (QED) is 0.389. The van der Waals surface area contributed by atoms with Crippen molar-refractivity contribution in [3.05, 3.63) is 28.5 Å². The monoisotopic (exact) mass is 516 g/mol. The molecule has 11 heteroatoms. The normalized spacial score (nSPS) is 28.6. The van der Waals surface area contributed by atoms with Crippen LogP contribution in [0.5, 0.6) is 0 Å². The molecule has 0 aromatic heterocycles. The third kappa shape index (κ3) is 5.57. The van der Waals surface area contributed by atoms with Crippen LogP contribution in [-0.2, 0) is 9.59 Å². The Hall–Kier alpha value is -1.69. The molecule has 1 aromatic carbocycles. The third-order valence-electron chi connectivity index (χ3n) is 5.36. The summed E-state index contributed by atoms with van der Waals surface area (Å²) in [5.41, 5.74) is 5.89. The van der Waals surface area contributed by atoms with Crippen molar-refractivity contribution in [2.24, 2.45) is 22.6 Å². The molecule has 1 aromatic rings. The zero-order valence-corrected chi connectivity index (χ0v) is 19.5. The highest BCUT2D eigenvalue weighted by atomic mass is 79.9. The molecule has 8 nitrogen and oxygen atoms in total. The molecule has 6 N–H and O–H groups in total. The number of aliphatic hydroxyl groups is 2. The number of aliphatic hydroxyl groups excluding tert-OH is 2. The molecule has 1 heterocycles. The highest BCUT2D eigenvalue weighted by molar-refractivity contribution is 9.10. The third-order valence-corrected chi connectivity index (χ3v) is 7.36. The summed E-state index contributed by atoms with van der Waals surface area (Å²) in [5, 5.41) is 26.4. The fourth-order valence-corrected chi connectivity index (χ4v) is 5.53. The van der Waals surface area contributed by atoms with Crippen molar-refractivity contribution < 1.29 is 24.2 Å². The summed E-state index contributed by atoms with van der Waals surface area (Å²) >= 11 is 4.58. The van der Waals surface area contributed by atoms with E-state index in [0.29, 0.717) is 21.7 Å². The fourth-order valence-electron chi connectivity index (χ4n) is 3.81. The second-order valence-corrected chi connectivity index (χ2v) is 10.3. The van der Waals surface area contributed by atoms with Crippen molar-refractivity contribution in [3.63, 3.8) is 0 Å². The fraction of sp³-hybridized carbons (Fsp3) is 0.550. The molecule has 6 atom stereocenters. The predicted molar refractivity (Wildman–Crippen MR) is 121 cm³/mol. The van der Waals surface area contributed by atoms with Gasteiger partial charge in [0, 0.05) is 9.72 Å². The Labute approximate surface area is 192 Å². The van der Waals surface area contributed by atoms with Crippen LogP contribution in [0.3, 0.4) is 0 Å². The van der Waals surface area contributed by atoms with Crippen molar-refractivity contribution in [2.75, 3.05) is 5.32 Å². The zero-order chi connectivity index (χ0) is 22.9. The van der Waals surface area contributed by atoms with Gasteiger partial charge >= 0.3 is 0 Å². The lowest BCUT2D eigenvalue weighted by molar-refractivity contribution is -0.133. The number of thioether (sulfide) groups is 1. The van der Waals surface area contributed by atoms with Crippen molar-refractivity contribution in [2.45, 2.75) is 56.2 Å². The number of aliphatic imine (C=N–C) groups is 1. The minimum atomic E-state index is -1.14. The molecule has 0 saturated heterocycles. The average molecular weight is 517 g/mol. The maximum Gasteiger partial charge on any atom is 0.240 e. The molecule has 0 radical (unpaired) electrons. The molecule has 1 saturated carbocycles. The molecule has 0 spiro atoms. The second-order valence-electron chi connectivity index (χ2n) is 8.25. The summed E-state index contributed by atoms with van der Waals surface area (Å²) in [6, 6.07) is 2.62. The van der Waals surface area contributed by atoms with Crippen molar-refractivity contribution in [3.8, 4) is 0 Å². The number of hydrogen-bond donors (Lipinski definition) is 5. The van der Waals surface area contributed by atoms with E-state index in [4.69, 9.17) is 5.73 Å². The number of fused-ring (bicyclic) bond motifs is 1. The number of amides is 2. The molecule has 0 bridgehead atoms. The van der Waals surface area contributed by atoms with Gasteiger partial charge in [0.25, 0.3) is 0 Å². The molecule has 170 valence electrons. The van der Waals surface area contributed by atoms with E-state index < -0.39 is 53.1 Å². The van der Waals surface area contributed by atoms with Gasteiger partial charge in [0.15, 0.2) is 5.17 Å². The van der Waals surface area contributed by atoms with Gasteiger partial charge in [-0.05, 0) is 52.9 Å². The highest BCUT2D eigenvalue weighted by Gasteiger charge is 2.50. The van der Waals surface area contributed by atoms with E-state index >= 15 is 0 Å². The number of halogens is 2. The number of benzene rings is 1. The van der Waals surface area contributed by atoms with Crippen molar-refractivity contribution in [1.29, 1.82) is 0 Å².